The molecule has 0 saturated carbocycles. The molecule has 0 spiro atoms. The van der Waals surface area contributed by atoms with Crippen LogP contribution in [0, 0.1) is 6.92 Å². The fourth-order valence-electron chi connectivity index (χ4n) is 3.63. The first-order chi connectivity index (χ1) is 14.0. The molecule has 7 nitrogen and oxygen atoms in total. The lowest BCUT2D eigenvalue weighted by Crippen LogP contribution is -2.29. The van der Waals surface area contributed by atoms with Crippen molar-refractivity contribution in [2.24, 2.45) is 0 Å². The number of phenolic OH excluding ortho intramolecular Hbond substituents is 1. The fourth-order valence-corrected chi connectivity index (χ4v) is 3.63. The van der Waals surface area contributed by atoms with Gasteiger partial charge in [-0.05, 0) is 42.8 Å². The summed E-state index contributed by atoms with van der Waals surface area (Å²) in [6.45, 7) is 1.84. The third-order valence-electron chi connectivity index (χ3n) is 5.02. The van der Waals surface area contributed by atoms with Gasteiger partial charge in [-0.1, -0.05) is 30.3 Å². The van der Waals surface area contributed by atoms with E-state index in [9.17, 15) is 14.7 Å². The first kappa shape index (κ1) is 17.1. The summed E-state index contributed by atoms with van der Waals surface area (Å²) in [5.74, 6) is -0.792. The Labute approximate surface area is 165 Å². The molecule has 0 atom stereocenters. The number of benzene rings is 3. The second-order valence-electron chi connectivity index (χ2n) is 7.01. The highest BCUT2D eigenvalue weighted by atomic mass is 16.3. The number of rotatable bonds is 3. The third-order valence-corrected chi connectivity index (χ3v) is 5.02. The molecule has 5 rings (SSSR count). The van der Waals surface area contributed by atoms with Crippen molar-refractivity contribution in [1.29, 1.82) is 0 Å². The van der Waals surface area contributed by atoms with Crippen LogP contribution in [-0.2, 0) is 6.54 Å². The number of aromatic hydroxyl groups is 1. The van der Waals surface area contributed by atoms with Crippen LogP contribution in [0.1, 0.15) is 31.8 Å². The van der Waals surface area contributed by atoms with Crippen molar-refractivity contribution in [3.63, 3.8) is 0 Å². The van der Waals surface area contributed by atoms with Gasteiger partial charge in [-0.3, -0.25) is 14.5 Å². The lowest BCUT2D eigenvalue weighted by atomic mass is 10.1. The number of phenols is 1. The number of hydrogen-bond acceptors (Lipinski definition) is 5. The van der Waals surface area contributed by atoms with Crippen molar-refractivity contribution in [1.82, 2.24) is 19.9 Å². The number of fused-ring (bicyclic) bond motifs is 2. The van der Waals surface area contributed by atoms with E-state index in [4.69, 9.17) is 0 Å². The van der Waals surface area contributed by atoms with Gasteiger partial charge in [0.1, 0.15) is 22.5 Å². The van der Waals surface area contributed by atoms with Gasteiger partial charge in [0.25, 0.3) is 11.8 Å². The number of carbonyl (C=O) groups is 2. The third kappa shape index (κ3) is 2.67. The van der Waals surface area contributed by atoms with Crippen LogP contribution in [0.15, 0.2) is 60.7 Å². The Morgan fingerprint density at radius 3 is 2.00 bits per heavy atom. The van der Waals surface area contributed by atoms with Crippen molar-refractivity contribution in [3.8, 4) is 11.4 Å². The molecule has 142 valence electrons. The molecular formula is C22H16N4O3. The summed E-state index contributed by atoms with van der Waals surface area (Å²) >= 11 is 0. The Balaban J connectivity index is 1.55. The van der Waals surface area contributed by atoms with Crippen molar-refractivity contribution < 1.29 is 14.7 Å². The number of amides is 2. The Kier molecular flexibility index (Phi) is 3.70. The van der Waals surface area contributed by atoms with Gasteiger partial charge in [-0.25, -0.2) is 0 Å². The fraction of sp³-hybridized carbons (Fsp3) is 0.0909. The highest BCUT2D eigenvalue weighted by Gasteiger charge is 2.35. The van der Waals surface area contributed by atoms with Gasteiger partial charge in [-0.15, -0.1) is 15.0 Å². The van der Waals surface area contributed by atoms with Crippen LogP contribution in [0.5, 0.6) is 5.75 Å². The molecule has 0 unspecified atom stereocenters. The first-order valence-electron chi connectivity index (χ1n) is 9.13. The predicted molar refractivity (Wildman–Crippen MR) is 106 cm³/mol. The summed E-state index contributed by atoms with van der Waals surface area (Å²) in [4.78, 5) is 27.9. The summed E-state index contributed by atoms with van der Waals surface area (Å²) in [6, 6.07) is 17.7. The van der Waals surface area contributed by atoms with Crippen molar-refractivity contribution in [3.05, 3.63) is 82.9 Å². The molecule has 0 radical (unpaired) electrons. The average molecular weight is 384 g/mol. The minimum atomic E-state index is -0.365. The highest BCUT2D eigenvalue weighted by Crippen LogP contribution is 2.31. The molecule has 0 bridgehead atoms. The highest BCUT2D eigenvalue weighted by molar-refractivity contribution is 6.21. The van der Waals surface area contributed by atoms with Crippen LogP contribution in [0.4, 0.5) is 0 Å². The van der Waals surface area contributed by atoms with Gasteiger partial charge < -0.3 is 5.11 Å². The van der Waals surface area contributed by atoms with Crippen molar-refractivity contribution >= 4 is 22.8 Å². The smallest absolute Gasteiger partial charge is 0.261 e. The van der Waals surface area contributed by atoms with Gasteiger partial charge in [0.05, 0.1) is 17.7 Å². The van der Waals surface area contributed by atoms with Gasteiger partial charge in [0.2, 0.25) is 0 Å². The van der Waals surface area contributed by atoms with Crippen LogP contribution in [0.2, 0.25) is 0 Å². The molecule has 1 N–H and O–H groups in total. The maximum atomic E-state index is 12.7. The lowest BCUT2D eigenvalue weighted by Gasteiger charge is -2.17. The largest absolute Gasteiger partial charge is 0.505 e. The summed E-state index contributed by atoms with van der Waals surface area (Å²) in [5.41, 5.74) is 3.87. The zero-order chi connectivity index (χ0) is 20.1. The molecule has 2 heterocycles. The number of aryl methyl sites for hydroxylation is 1. The minimum Gasteiger partial charge on any atom is -0.505 e. The topological polar surface area (TPSA) is 88.3 Å². The molecular weight excluding hydrogens is 368 g/mol. The summed E-state index contributed by atoms with van der Waals surface area (Å²) < 4.78 is 0. The molecule has 1 aromatic heterocycles. The SMILES string of the molecule is Cc1cc(CN2C(=O)c3ccccc3C2=O)c(O)c(-n2nc3ccccc3n2)c1. The number of nitrogens with zero attached hydrogens (tertiary/aromatic N) is 4. The Hall–Kier alpha value is -4.00. The second-order valence-corrected chi connectivity index (χ2v) is 7.01. The molecule has 1 aliphatic heterocycles. The molecule has 0 saturated heterocycles. The standard InChI is InChI=1S/C22H16N4O3/c1-13-10-14(12-25-21(28)15-6-2-3-7-16(15)22(25)29)20(27)19(11-13)26-23-17-8-4-5-9-18(17)24-26/h2-11,27H,12H2,1H3. The predicted octanol–water partition coefficient (Wildman–Crippen LogP) is 3.23. The van der Waals surface area contributed by atoms with E-state index >= 15 is 0 Å². The number of hydrogen-bond donors (Lipinski definition) is 1. The number of carbonyl (C=O) groups excluding carboxylic acids is 2. The quantitative estimate of drug-likeness (QED) is 0.548. The van der Waals surface area contributed by atoms with E-state index in [1.807, 2.05) is 31.2 Å². The van der Waals surface area contributed by atoms with E-state index in [0.29, 0.717) is 33.4 Å². The van der Waals surface area contributed by atoms with Crippen LogP contribution >= 0.6 is 0 Å². The van der Waals surface area contributed by atoms with Crippen LogP contribution < -0.4 is 0 Å². The van der Waals surface area contributed by atoms with Crippen molar-refractivity contribution in [2.45, 2.75) is 13.5 Å². The van der Waals surface area contributed by atoms with Gasteiger partial charge >= 0.3 is 0 Å². The molecule has 2 amide bonds. The molecule has 3 aromatic carbocycles. The molecule has 4 aromatic rings. The van der Waals surface area contributed by atoms with E-state index in [-0.39, 0.29) is 24.1 Å². The summed E-state index contributed by atoms with van der Waals surface area (Å²) in [6.07, 6.45) is 0. The Morgan fingerprint density at radius 2 is 1.41 bits per heavy atom. The average Bonchev–Trinajstić information content (AvgIpc) is 3.26. The van der Waals surface area contributed by atoms with E-state index in [1.54, 1.807) is 36.4 Å². The number of imide groups is 1. The van der Waals surface area contributed by atoms with Crippen LogP contribution in [0.3, 0.4) is 0 Å². The molecule has 0 fully saturated rings. The molecule has 7 heteroatoms. The first-order valence-corrected chi connectivity index (χ1v) is 9.13. The van der Waals surface area contributed by atoms with Gasteiger partial charge in [-0.2, -0.15) is 0 Å². The van der Waals surface area contributed by atoms with Crippen LogP contribution in [0.25, 0.3) is 16.7 Å². The zero-order valence-electron chi connectivity index (χ0n) is 15.5. The van der Waals surface area contributed by atoms with Gasteiger partial charge in [0.15, 0.2) is 0 Å². The van der Waals surface area contributed by atoms with Crippen molar-refractivity contribution in [2.75, 3.05) is 0 Å². The van der Waals surface area contributed by atoms with E-state index in [1.165, 1.54) is 4.80 Å². The normalized spacial score (nSPS) is 13.3. The monoisotopic (exact) mass is 384 g/mol. The van der Waals surface area contributed by atoms with E-state index < -0.39 is 0 Å². The zero-order valence-corrected chi connectivity index (χ0v) is 15.5. The van der Waals surface area contributed by atoms with Gasteiger partial charge in [0, 0.05) is 5.56 Å². The Bertz CT molecular complexity index is 1240. The van der Waals surface area contributed by atoms with E-state index in [2.05, 4.69) is 10.2 Å². The Morgan fingerprint density at radius 1 is 0.862 bits per heavy atom. The summed E-state index contributed by atoms with van der Waals surface area (Å²) in [7, 11) is 0. The molecule has 0 aliphatic carbocycles. The second kappa shape index (κ2) is 6.27. The summed E-state index contributed by atoms with van der Waals surface area (Å²) in [5, 5.41) is 19.7. The molecule has 29 heavy (non-hydrogen) atoms. The lowest BCUT2D eigenvalue weighted by molar-refractivity contribution is 0.0641. The maximum Gasteiger partial charge on any atom is 0.261 e. The van der Waals surface area contributed by atoms with E-state index in [0.717, 1.165) is 10.5 Å². The maximum absolute atomic E-state index is 12.7. The molecule has 1 aliphatic rings. The minimum absolute atomic E-state index is 0.0341. The van der Waals surface area contributed by atoms with Crippen LogP contribution in [-0.4, -0.2) is 36.8 Å². The number of aromatic nitrogens is 3.